The monoisotopic (exact) mass is 293 g/mol. The Morgan fingerprint density at radius 1 is 1.09 bits per heavy atom. The number of aromatic nitrogens is 4. The zero-order valence-corrected chi connectivity index (χ0v) is 12.9. The molecule has 0 saturated carbocycles. The molecule has 0 amide bonds. The molecular weight excluding hydrogens is 274 g/mol. The first kappa shape index (κ1) is 13.2. The van der Waals surface area contributed by atoms with Gasteiger partial charge in [0, 0.05) is 37.9 Å². The molecule has 3 aromatic rings. The van der Waals surface area contributed by atoms with Gasteiger partial charge in [0.25, 0.3) is 0 Å². The van der Waals surface area contributed by atoms with Crippen LogP contribution in [0.4, 0.5) is 5.82 Å². The molecule has 1 fully saturated rings. The van der Waals surface area contributed by atoms with Crippen molar-refractivity contribution in [1.29, 1.82) is 0 Å². The van der Waals surface area contributed by atoms with Crippen molar-refractivity contribution < 1.29 is 0 Å². The highest BCUT2D eigenvalue weighted by atomic mass is 15.3. The smallest absolute Gasteiger partial charge is 0.150 e. The van der Waals surface area contributed by atoms with Crippen molar-refractivity contribution in [2.45, 2.75) is 20.4 Å². The van der Waals surface area contributed by atoms with Gasteiger partial charge in [-0.1, -0.05) is 12.1 Å². The lowest BCUT2D eigenvalue weighted by atomic mass is 10.00. The number of anilines is 1. The predicted octanol–water partition coefficient (Wildman–Crippen LogP) is 2.58. The van der Waals surface area contributed by atoms with Gasteiger partial charge in [0.1, 0.15) is 5.82 Å². The van der Waals surface area contributed by atoms with E-state index in [1.54, 1.807) is 0 Å². The zero-order valence-electron chi connectivity index (χ0n) is 12.9. The van der Waals surface area contributed by atoms with Crippen molar-refractivity contribution in [3.05, 3.63) is 48.2 Å². The van der Waals surface area contributed by atoms with Gasteiger partial charge in [-0.15, -0.1) is 0 Å². The van der Waals surface area contributed by atoms with E-state index >= 15 is 0 Å². The van der Waals surface area contributed by atoms with Gasteiger partial charge in [0.15, 0.2) is 5.82 Å². The van der Waals surface area contributed by atoms with Crippen LogP contribution >= 0.6 is 0 Å². The van der Waals surface area contributed by atoms with Crippen molar-refractivity contribution in [2.24, 2.45) is 5.92 Å². The molecular formula is C17H19N5. The van der Waals surface area contributed by atoms with Gasteiger partial charge in [0.2, 0.25) is 0 Å². The maximum atomic E-state index is 4.79. The van der Waals surface area contributed by atoms with Crippen molar-refractivity contribution in [1.82, 2.24) is 19.5 Å². The van der Waals surface area contributed by atoms with E-state index in [9.17, 15) is 0 Å². The van der Waals surface area contributed by atoms with Crippen LogP contribution < -0.4 is 4.90 Å². The molecule has 2 aromatic heterocycles. The van der Waals surface area contributed by atoms with Crippen molar-refractivity contribution in [3.63, 3.8) is 0 Å². The first-order chi connectivity index (χ1) is 10.7. The van der Waals surface area contributed by atoms with Crippen LogP contribution in [0.5, 0.6) is 0 Å². The molecule has 5 heteroatoms. The summed E-state index contributed by atoms with van der Waals surface area (Å²) in [5, 5.41) is 0. The average Bonchev–Trinajstić information content (AvgIpc) is 2.87. The third-order valence-corrected chi connectivity index (χ3v) is 4.36. The lowest BCUT2D eigenvalue weighted by Gasteiger charge is -2.41. The molecule has 22 heavy (non-hydrogen) atoms. The van der Waals surface area contributed by atoms with Gasteiger partial charge < -0.3 is 9.47 Å². The summed E-state index contributed by atoms with van der Waals surface area (Å²) in [7, 11) is 0. The highest BCUT2D eigenvalue weighted by molar-refractivity contribution is 5.76. The fraction of sp³-hybridized carbons (Fsp3) is 0.353. The molecule has 1 saturated heterocycles. The third-order valence-electron chi connectivity index (χ3n) is 4.36. The number of aryl methyl sites for hydroxylation is 2. The summed E-state index contributed by atoms with van der Waals surface area (Å²) in [6, 6.07) is 8.05. The summed E-state index contributed by atoms with van der Waals surface area (Å²) in [6.45, 7) is 7.19. The Balaban J connectivity index is 1.50. The molecule has 1 aliphatic heterocycles. The second-order valence-corrected chi connectivity index (χ2v) is 6.02. The standard InChI is InChI=1S/C17H19N5/c1-12-17(20-16-6-4-3-5-15(16)19-12)22-10-14(11-22)9-21-8-7-18-13(21)2/h3-8,14H,9-11H2,1-2H3. The number of benzene rings is 1. The largest absolute Gasteiger partial charge is 0.354 e. The average molecular weight is 293 g/mol. The van der Waals surface area contributed by atoms with Gasteiger partial charge in [-0.3, -0.25) is 0 Å². The molecule has 0 aliphatic carbocycles. The molecule has 5 nitrogen and oxygen atoms in total. The number of nitrogens with zero attached hydrogens (tertiary/aromatic N) is 5. The zero-order chi connectivity index (χ0) is 15.1. The number of fused-ring (bicyclic) bond motifs is 1. The minimum atomic E-state index is 0.653. The summed E-state index contributed by atoms with van der Waals surface area (Å²) in [6.07, 6.45) is 3.92. The second-order valence-electron chi connectivity index (χ2n) is 6.02. The van der Waals surface area contributed by atoms with Crippen LogP contribution in [0.1, 0.15) is 11.5 Å². The van der Waals surface area contributed by atoms with Crippen molar-refractivity contribution in [2.75, 3.05) is 18.0 Å². The van der Waals surface area contributed by atoms with Crippen LogP contribution in [0, 0.1) is 19.8 Å². The maximum Gasteiger partial charge on any atom is 0.150 e. The SMILES string of the molecule is Cc1nc2ccccc2nc1N1CC(Cn2ccnc2C)C1. The first-order valence-corrected chi connectivity index (χ1v) is 7.67. The Labute approximate surface area is 129 Å². The molecule has 0 radical (unpaired) electrons. The molecule has 0 N–H and O–H groups in total. The Kier molecular flexibility index (Phi) is 3.06. The Morgan fingerprint density at radius 2 is 1.82 bits per heavy atom. The van der Waals surface area contributed by atoms with E-state index in [-0.39, 0.29) is 0 Å². The highest BCUT2D eigenvalue weighted by Crippen LogP contribution is 2.27. The maximum absolute atomic E-state index is 4.79. The van der Waals surface area contributed by atoms with E-state index in [0.717, 1.165) is 48.0 Å². The first-order valence-electron chi connectivity index (χ1n) is 7.67. The number of rotatable bonds is 3. The van der Waals surface area contributed by atoms with E-state index in [1.165, 1.54) is 0 Å². The topological polar surface area (TPSA) is 46.8 Å². The van der Waals surface area contributed by atoms with E-state index in [4.69, 9.17) is 4.98 Å². The van der Waals surface area contributed by atoms with Crippen LogP contribution in [0.2, 0.25) is 0 Å². The molecule has 4 rings (SSSR count). The van der Waals surface area contributed by atoms with Gasteiger partial charge in [-0.05, 0) is 26.0 Å². The Morgan fingerprint density at radius 3 is 2.50 bits per heavy atom. The van der Waals surface area contributed by atoms with E-state index in [2.05, 4.69) is 32.6 Å². The normalized spacial score (nSPS) is 15.3. The van der Waals surface area contributed by atoms with Gasteiger partial charge in [0.05, 0.1) is 16.7 Å². The summed E-state index contributed by atoms with van der Waals surface area (Å²) in [5.74, 6) is 2.76. The minimum Gasteiger partial charge on any atom is -0.354 e. The fourth-order valence-corrected chi connectivity index (χ4v) is 3.11. The number of hydrogen-bond donors (Lipinski definition) is 0. The van der Waals surface area contributed by atoms with Gasteiger partial charge in [-0.2, -0.15) is 0 Å². The molecule has 0 spiro atoms. The number of hydrogen-bond acceptors (Lipinski definition) is 4. The lowest BCUT2D eigenvalue weighted by Crippen LogP contribution is -2.49. The molecule has 0 unspecified atom stereocenters. The van der Waals surface area contributed by atoms with Crippen LogP contribution in [-0.4, -0.2) is 32.6 Å². The number of para-hydroxylation sites is 2. The summed E-state index contributed by atoms with van der Waals surface area (Å²) >= 11 is 0. The van der Waals surface area contributed by atoms with Crippen LogP contribution in [0.3, 0.4) is 0 Å². The quantitative estimate of drug-likeness (QED) is 0.744. The van der Waals surface area contributed by atoms with Crippen molar-refractivity contribution in [3.8, 4) is 0 Å². The molecule has 112 valence electrons. The van der Waals surface area contributed by atoms with E-state index in [0.29, 0.717) is 5.92 Å². The Bertz CT molecular complexity index is 817. The lowest BCUT2D eigenvalue weighted by molar-refractivity contribution is 0.352. The summed E-state index contributed by atoms with van der Waals surface area (Å²) in [5.41, 5.74) is 2.95. The second kappa shape index (κ2) is 5.09. The molecule has 1 aliphatic rings. The van der Waals surface area contributed by atoms with E-state index < -0.39 is 0 Å². The van der Waals surface area contributed by atoms with Crippen LogP contribution in [0.25, 0.3) is 11.0 Å². The third kappa shape index (κ3) is 2.22. The summed E-state index contributed by atoms with van der Waals surface area (Å²) < 4.78 is 2.22. The molecule has 0 atom stereocenters. The van der Waals surface area contributed by atoms with Crippen molar-refractivity contribution >= 4 is 16.9 Å². The van der Waals surface area contributed by atoms with Crippen LogP contribution in [-0.2, 0) is 6.54 Å². The highest BCUT2D eigenvalue weighted by Gasteiger charge is 2.29. The fourth-order valence-electron chi connectivity index (χ4n) is 3.11. The Hall–Kier alpha value is -2.43. The van der Waals surface area contributed by atoms with Gasteiger partial charge in [-0.25, -0.2) is 15.0 Å². The van der Waals surface area contributed by atoms with E-state index in [1.807, 2.05) is 37.4 Å². The minimum absolute atomic E-state index is 0.653. The molecule has 1 aromatic carbocycles. The van der Waals surface area contributed by atoms with Gasteiger partial charge >= 0.3 is 0 Å². The predicted molar refractivity (Wildman–Crippen MR) is 86.9 cm³/mol. The van der Waals surface area contributed by atoms with Crippen LogP contribution in [0.15, 0.2) is 36.7 Å². The number of imidazole rings is 1. The molecule has 3 heterocycles. The summed E-state index contributed by atoms with van der Waals surface area (Å²) in [4.78, 5) is 16.1. The molecule has 0 bridgehead atoms.